The zero-order valence-electron chi connectivity index (χ0n) is 13.8. The third-order valence-electron chi connectivity index (χ3n) is 4.00. The number of hydrogen-bond donors (Lipinski definition) is 2. The van der Waals surface area contributed by atoms with Crippen LogP contribution in [-0.2, 0) is 11.3 Å². The lowest BCUT2D eigenvalue weighted by Gasteiger charge is -2.28. The normalized spacial score (nSPS) is 14.3. The zero-order chi connectivity index (χ0) is 16.8. The highest BCUT2D eigenvalue weighted by atomic mass is 16.5. The molecule has 1 aliphatic heterocycles. The Morgan fingerprint density at radius 3 is 2.75 bits per heavy atom. The molecule has 1 aliphatic rings. The van der Waals surface area contributed by atoms with Crippen molar-refractivity contribution in [1.82, 2.24) is 10.3 Å². The second-order valence-electron chi connectivity index (χ2n) is 5.56. The maximum atomic E-state index is 12.4. The van der Waals surface area contributed by atoms with Crippen LogP contribution in [0.4, 0.5) is 11.5 Å². The zero-order valence-corrected chi connectivity index (χ0v) is 13.8. The first-order valence-corrected chi connectivity index (χ1v) is 8.11. The first-order chi connectivity index (χ1) is 11.8. The molecule has 0 bridgehead atoms. The van der Waals surface area contributed by atoms with Crippen molar-refractivity contribution in [3.05, 3.63) is 53.7 Å². The number of hydrogen-bond acceptors (Lipinski definition) is 5. The molecule has 2 heterocycles. The second-order valence-corrected chi connectivity index (χ2v) is 5.56. The van der Waals surface area contributed by atoms with Crippen molar-refractivity contribution in [2.45, 2.75) is 6.54 Å². The molecule has 0 aliphatic carbocycles. The van der Waals surface area contributed by atoms with E-state index in [4.69, 9.17) is 4.74 Å². The van der Waals surface area contributed by atoms with E-state index in [1.54, 1.807) is 13.1 Å². The summed E-state index contributed by atoms with van der Waals surface area (Å²) in [6.45, 7) is 3.54. The van der Waals surface area contributed by atoms with Gasteiger partial charge in [0.2, 0.25) is 0 Å². The molecule has 1 amide bonds. The van der Waals surface area contributed by atoms with E-state index < -0.39 is 0 Å². The molecule has 1 aromatic heterocycles. The van der Waals surface area contributed by atoms with Gasteiger partial charge in [-0.1, -0.05) is 18.2 Å². The maximum Gasteiger partial charge on any atom is 0.253 e. The van der Waals surface area contributed by atoms with E-state index in [2.05, 4.69) is 20.5 Å². The van der Waals surface area contributed by atoms with Gasteiger partial charge >= 0.3 is 0 Å². The van der Waals surface area contributed by atoms with Gasteiger partial charge in [-0.15, -0.1) is 0 Å². The number of aromatic nitrogens is 1. The van der Waals surface area contributed by atoms with Gasteiger partial charge in [-0.3, -0.25) is 4.79 Å². The molecule has 6 heteroatoms. The minimum Gasteiger partial charge on any atom is -0.387 e. The van der Waals surface area contributed by atoms with Crippen LogP contribution in [0.1, 0.15) is 16.1 Å². The highest BCUT2D eigenvalue weighted by molar-refractivity contribution is 5.99. The molecule has 0 unspecified atom stereocenters. The Hall–Kier alpha value is -2.60. The molecule has 126 valence electrons. The molecule has 0 saturated carbocycles. The molecule has 0 radical (unpaired) electrons. The van der Waals surface area contributed by atoms with E-state index in [0.29, 0.717) is 12.1 Å². The lowest BCUT2D eigenvalue weighted by molar-refractivity contribution is 0.0951. The predicted molar refractivity (Wildman–Crippen MR) is 94.4 cm³/mol. The number of amides is 1. The monoisotopic (exact) mass is 326 g/mol. The Kier molecular flexibility index (Phi) is 5.28. The highest BCUT2D eigenvalue weighted by Gasteiger charge is 2.13. The summed E-state index contributed by atoms with van der Waals surface area (Å²) >= 11 is 0. The van der Waals surface area contributed by atoms with E-state index >= 15 is 0 Å². The van der Waals surface area contributed by atoms with Gasteiger partial charge in [0.05, 0.1) is 31.0 Å². The summed E-state index contributed by atoms with van der Waals surface area (Å²) in [5.74, 6) is 0.819. The summed E-state index contributed by atoms with van der Waals surface area (Å²) in [4.78, 5) is 19.2. The minimum absolute atomic E-state index is 0.112. The smallest absolute Gasteiger partial charge is 0.253 e. The first-order valence-electron chi connectivity index (χ1n) is 8.11. The number of carbonyl (C=O) groups is 1. The number of nitrogens with one attached hydrogen (secondary N) is 2. The van der Waals surface area contributed by atoms with Crippen molar-refractivity contribution >= 4 is 17.4 Å². The molecule has 24 heavy (non-hydrogen) atoms. The molecular weight excluding hydrogens is 304 g/mol. The number of benzene rings is 1. The third kappa shape index (κ3) is 3.83. The highest BCUT2D eigenvalue weighted by Crippen LogP contribution is 2.15. The van der Waals surface area contributed by atoms with Crippen molar-refractivity contribution in [2.75, 3.05) is 43.6 Å². The third-order valence-corrected chi connectivity index (χ3v) is 4.00. The molecule has 1 saturated heterocycles. The molecule has 1 aromatic carbocycles. The fourth-order valence-corrected chi connectivity index (χ4v) is 2.70. The van der Waals surface area contributed by atoms with Crippen LogP contribution in [0.2, 0.25) is 0 Å². The van der Waals surface area contributed by atoms with Gasteiger partial charge in [0.15, 0.2) is 0 Å². The number of ether oxygens (including phenoxy) is 1. The summed E-state index contributed by atoms with van der Waals surface area (Å²) in [6.07, 6.45) is 0. The van der Waals surface area contributed by atoms with Gasteiger partial charge in [-0.25, -0.2) is 4.98 Å². The fourth-order valence-electron chi connectivity index (χ4n) is 2.70. The molecule has 2 aromatic rings. The van der Waals surface area contributed by atoms with Crippen LogP contribution in [0.5, 0.6) is 0 Å². The number of para-hydroxylation sites is 1. The van der Waals surface area contributed by atoms with Crippen LogP contribution in [0.3, 0.4) is 0 Å². The van der Waals surface area contributed by atoms with Crippen LogP contribution in [-0.4, -0.2) is 44.2 Å². The largest absolute Gasteiger partial charge is 0.387 e. The van der Waals surface area contributed by atoms with Gasteiger partial charge in [-0.05, 0) is 24.3 Å². The number of nitrogens with zero attached hydrogens (tertiary/aromatic N) is 2. The summed E-state index contributed by atoms with van der Waals surface area (Å²) in [5.41, 5.74) is 2.28. The number of morpholine rings is 1. The summed E-state index contributed by atoms with van der Waals surface area (Å²) in [6, 6.07) is 13.3. The Morgan fingerprint density at radius 1 is 1.17 bits per heavy atom. The Balaban J connectivity index is 1.65. The lowest BCUT2D eigenvalue weighted by atomic mass is 10.1. The van der Waals surface area contributed by atoms with Crippen LogP contribution < -0.4 is 15.5 Å². The average Bonchev–Trinajstić information content (AvgIpc) is 2.67. The van der Waals surface area contributed by atoms with E-state index in [9.17, 15) is 4.79 Å². The first kappa shape index (κ1) is 16.3. The van der Waals surface area contributed by atoms with Crippen LogP contribution in [0.15, 0.2) is 42.5 Å². The summed E-state index contributed by atoms with van der Waals surface area (Å²) in [7, 11) is 1.81. The van der Waals surface area contributed by atoms with Crippen LogP contribution in [0.25, 0.3) is 0 Å². The van der Waals surface area contributed by atoms with Gasteiger partial charge in [-0.2, -0.15) is 0 Å². The van der Waals surface area contributed by atoms with Gasteiger partial charge in [0, 0.05) is 25.8 Å². The van der Waals surface area contributed by atoms with E-state index in [1.807, 2.05) is 36.4 Å². The van der Waals surface area contributed by atoms with Gasteiger partial charge in [0.25, 0.3) is 5.91 Å². The van der Waals surface area contributed by atoms with Crippen molar-refractivity contribution < 1.29 is 9.53 Å². The topological polar surface area (TPSA) is 66.5 Å². The van der Waals surface area contributed by atoms with Crippen molar-refractivity contribution in [3.63, 3.8) is 0 Å². The molecular formula is C18H22N4O2. The van der Waals surface area contributed by atoms with Crippen LogP contribution >= 0.6 is 0 Å². The molecule has 1 fully saturated rings. The van der Waals surface area contributed by atoms with Crippen molar-refractivity contribution in [2.24, 2.45) is 0 Å². The Bertz CT molecular complexity index is 699. The standard InChI is InChI=1S/C18H22N4O2/c1-19-16-7-3-2-6-15(16)18(23)20-13-14-5-4-8-17(21-14)22-9-11-24-12-10-22/h2-8,19H,9-13H2,1H3,(H,20,23). The number of pyridine rings is 1. The molecule has 6 nitrogen and oxygen atoms in total. The Morgan fingerprint density at radius 2 is 1.96 bits per heavy atom. The maximum absolute atomic E-state index is 12.4. The quantitative estimate of drug-likeness (QED) is 0.878. The van der Waals surface area contributed by atoms with Gasteiger partial charge in [0.1, 0.15) is 5.82 Å². The number of carbonyl (C=O) groups excluding carboxylic acids is 1. The average molecular weight is 326 g/mol. The van der Waals surface area contributed by atoms with E-state index in [1.165, 1.54) is 0 Å². The van der Waals surface area contributed by atoms with Crippen molar-refractivity contribution in [1.29, 1.82) is 0 Å². The summed E-state index contributed by atoms with van der Waals surface area (Å²) in [5, 5.41) is 5.97. The minimum atomic E-state index is -0.112. The summed E-state index contributed by atoms with van der Waals surface area (Å²) < 4.78 is 5.37. The van der Waals surface area contributed by atoms with E-state index in [-0.39, 0.29) is 5.91 Å². The second kappa shape index (κ2) is 7.79. The van der Waals surface area contributed by atoms with Crippen LogP contribution in [0, 0.1) is 0 Å². The molecule has 2 N–H and O–H groups in total. The Labute approximate surface area is 141 Å². The van der Waals surface area contributed by atoms with Gasteiger partial charge < -0.3 is 20.3 Å². The molecule has 0 spiro atoms. The number of rotatable bonds is 5. The fraction of sp³-hybridized carbons (Fsp3) is 0.333. The lowest BCUT2D eigenvalue weighted by Crippen LogP contribution is -2.37. The predicted octanol–water partition coefficient (Wildman–Crippen LogP) is 1.89. The molecule has 0 atom stereocenters. The molecule has 3 rings (SSSR count). The van der Waals surface area contributed by atoms with Crippen molar-refractivity contribution in [3.8, 4) is 0 Å². The van der Waals surface area contributed by atoms with E-state index in [0.717, 1.165) is 43.5 Å². The SMILES string of the molecule is CNc1ccccc1C(=O)NCc1cccc(N2CCOCC2)n1. The number of anilines is 2.